The van der Waals surface area contributed by atoms with Gasteiger partial charge >= 0.3 is 5.97 Å². The summed E-state index contributed by atoms with van der Waals surface area (Å²) in [7, 11) is 0. The average Bonchev–Trinajstić information content (AvgIpc) is 2.98. The van der Waals surface area contributed by atoms with E-state index in [2.05, 4.69) is 5.32 Å². The summed E-state index contributed by atoms with van der Waals surface area (Å²) < 4.78 is 0. The third kappa shape index (κ3) is 3.23. The SMILES string of the molecule is NC(C(=O)N[C@H](C(=O)O)c1ccccc1)c1cccs1. The quantitative estimate of drug-likeness (QED) is 0.781. The van der Waals surface area contributed by atoms with Gasteiger partial charge < -0.3 is 16.2 Å². The van der Waals surface area contributed by atoms with Crippen molar-refractivity contribution in [3.63, 3.8) is 0 Å². The molecule has 0 aliphatic rings. The number of nitrogens with one attached hydrogen (secondary N) is 1. The molecule has 0 saturated carbocycles. The van der Waals surface area contributed by atoms with Gasteiger partial charge in [0, 0.05) is 4.88 Å². The fraction of sp³-hybridized carbons (Fsp3) is 0.143. The highest BCUT2D eigenvalue weighted by molar-refractivity contribution is 7.10. The number of nitrogens with two attached hydrogens (primary N) is 1. The van der Waals surface area contributed by atoms with E-state index in [1.165, 1.54) is 11.3 Å². The van der Waals surface area contributed by atoms with Gasteiger partial charge in [-0.15, -0.1) is 11.3 Å². The molecule has 1 unspecified atom stereocenters. The van der Waals surface area contributed by atoms with Gasteiger partial charge in [-0.3, -0.25) is 4.79 Å². The van der Waals surface area contributed by atoms with Gasteiger partial charge in [0.05, 0.1) is 0 Å². The average molecular weight is 290 g/mol. The number of benzene rings is 1. The molecule has 0 aliphatic carbocycles. The second kappa shape index (κ2) is 6.31. The van der Waals surface area contributed by atoms with E-state index in [9.17, 15) is 14.7 Å². The van der Waals surface area contributed by atoms with E-state index in [0.29, 0.717) is 10.4 Å². The van der Waals surface area contributed by atoms with Crippen molar-refractivity contribution in [2.24, 2.45) is 5.73 Å². The molecule has 0 fully saturated rings. The predicted octanol–water partition coefficient (Wildman–Crippen LogP) is 1.69. The van der Waals surface area contributed by atoms with Gasteiger partial charge in [0.25, 0.3) is 0 Å². The van der Waals surface area contributed by atoms with Gasteiger partial charge in [0.15, 0.2) is 6.04 Å². The van der Waals surface area contributed by atoms with E-state index < -0.39 is 24.0 Å². The molecule has 4 N–H and O–H groups in total. The monoisotopic (exact) mass is 290 g/mol. The Kier molecular flexibility index (Phi) is 4.49. The van der Waals surface area contributed by atoms with Crippen LogP contribution in [0.2, 0.25) is 0 Å². The zero-order chi connectivity index (χ0) is 14.5. The molecule has 2 rings (SSSR count). The largest absolute Gasteiger partial charge is 0.479 e. The number of carboxylic acid groups (broad SMARTS) is 1. The molecule has 104 valence electrons. The first-order valence-corrected chi connectivity index (χ1v) is 6.84. The van der Waals surface area contributed by atoms with Crippen LogP contribution in [-0.4, -0.2) is 17.0 Å². The highest BCUT2D eigenvalue weighted by Gasteiger charge is 2.25. The van der Waals surface area contributed by atoms with Gasteiger partial charge in [-0.05, 0) is 17.0 Å². The molecule has 1 aromatic heterocycles. The Labute approximate surface area is 120 Å². The molecule has 6 heteroatoms. The molecule has 1 aromatic carbocycles. The molecule has 0 aliphatic heterocycles. The third-order valence-corrected chi connectivity index (χ3v) is 3.75. The van der Waals surface area contributed by atoms with Crippen LogP contribution < -0.4 is 11.1 Å². The summed E-state index contributed by atoms with van der Waals surface area (Å²) >= 11 is 1.36. The van der Waals surface area contributed by atoms with Gasteiger partial charge in [-0.2, -0.15) is 0 Å². The number of thiophene rings is 1. The van der Waals surface area contributed by atoms with Crippen LogP contribution in [0.25, 0.3) is 0 Å². The lowest BCUT2D eigenvalue weighted by molar-refractivity contribution is -0.142. The Morgan fingerprint density at radius 1 is 1.15 bits per heavy atom. The number of carbonyl (C=O) groups is 2. The van der Waals surface area contributed by atoms with Crippen molar-refractivity contribution in [3.05, 3.63) is 58.3 Å². The zero-order valence-corrected chi connectivity index (χ0v) is 11.3. The van der Waals surface area contributed by atoms with Gasteiger partial charge in [0.1, 0.15) is 6.04 Å². The molecule has 20 heavy (non-hydrogen) atoms. The summed E-state index contributed by atoms with van der Waals surface area (Å²) in [6, 6.07) is 10.1. The molecule has 1 heterocycles. The number of hydrogen-bond acceptors (Lipinski definition) is 4. The second-order valence-electron chi connectivity index (χ2n) is 4.18. The number of carbonyl (C=O) groups excluding carboxylic acids is 1. The number of amides is 1. The van der Waals surface area contributed by atoms with Crippen molar-refractivity contribution in [2.45, 2.75) is 12.1 Å². The van der Waals surface area contributed by atoms with Crippen molar-refractivity contribution in [1.82, 2.24) is 5.32 Å². The topological polar surface area (TPSA) is 92.4 Å². The standard InChI is InChI=1S/C14H14N2O3S/c15-11(10-7-4-8-20-10)13(17)16-12(14(18)19)9-5-2-1-3-6-9/h1-8,11-12H,15H2,(H,16,17)(H,18,19)/t11?,12-/m0/s1. The van der Waals surface area contributed by atoms with Gasteiger partial charge in [-0.1, -0.05) is 36.4 Å². The lowest BCUT2D eigenvalue weighted by atomic mass is 10.1. The van der Waals surface area contributed by atoms with Crippen molar-refractivity contribution >= 4 is 23.2 Å². The van der Waals surface area contributed by atoms with Crippen molar-refractivity contribution in [3.8, 4) is 0 Å². The van der Waals surface area contributed by atoms with E-state index >= 15 is 0 Å². The summed E-state index contributed by atoms with van der Waals surface area (Å²) in [6.07, 6.45) is 0. The van der Waals surface area contributed by atoms with Gasteiger partial charge in [-0.25, -0.2) is 4.79 Å². The van der Waals surface area contributed by atoms with E-state index in [1.807, 2.05) is 5.38 Å². The smallest absolute Gasteiger partial charge is 0.330 e. The first-order valence-electron chi connectivity index (χ1n) is 5.96. The summed E-state index contributed by atoms with van der Waals surface area (Å²) in [5.41, 5.74) is 6.32. The van der Waals surface area contributed by atoms with Crippen molar-refractivity contribution in [1.29, 1.82) is 0 Å². The number of carboxylic acids is 1. The van der Waals surface area contributed by atoms with Crippen LogP contribution in [0.15, 0.2) is 47.8 Å². The summed E-state index contributed by atoms with van der Waals surface area (Å²) in [5.74, 6) is -1.63. The Bertz CT molecular complexity index is 584. The van der Waals surface area contributed by atoms with E-state index in [-0.39, 0.29) is 0 Å². The molecule has 5 nitrogen and oxygen atoms in total. The normalized spacial score (nSPS) is 13.4. The first-order chi connectivity index (χ1) is 9.59. The Hall–Kier alpha value is -2.18. The minimum absolute atomic E-state index is 0.506. The van der Waals surface area contributed by atoms with Crippen LogP contribution in [-0.2, 0) is 9.59 Å². The summed E-state index contributed by atoms with van der Waals surface area (Å²) in [4.78, 5) is 24.0. The third-order valence-electron chi connectivity index (χ3n) is 2.80. The summed E-state index contributed by atoms with van der Waals surface area (Å²) in [5, 5.41) is 13.5. The molecule has 0 spiro atoms. The molecular formula is C14H14N2O3S. The predicted molar refractivity (Wildman–Crippen MR) is 76.2 cm³/mol. The van der Waals surface area contributed by atoms with Crippen LogP contribution in [0, 0.1) is 0 Å². The minimum Gasteiger partial charge on any atom is -0.479 e. The minimum atomic E-state index is -1.12. The maximum atomic E-state index is 12.0. The lowest BCUT2D eigenvalue weighted by Crippen LogP contribution is -2.39. The first kappa shape index (κ1) is 14.2. The zero-order valence-electron chi connectivity index (χ0n) is 10.5. The number of rotatable bonds is 5. The highest BCUT2D eigenvalue weighted by atomic mass is 32.1. The van der Waals surface area contributed by atoms with Crippen LogP contribution in [0.3, 0.4) is 0 Å². The molecular weight excluding hydrogens is 276 g/mol. The van der Waals surface area contributed by atoms with E-state index in [1.54, 1.807) is 42.5 Å². The van der Waals surface area contributed by atoms with Crippen molar-refractivity contribution in [2.75, 3.05) is 0 Å². The lowest BCUT2D eigenvalue weighted by Gasteiger charge is -2.17. The van der Waals surface area contributed by atoms with Crippen LogP contribution in [0.5, 0.6) is 0 Å². The van der Waals surface area contributed by atoms with Crippen LogP contribution >= 0.6 is 11.3 Å². The van der Waals surface area contributed by atoms with E-state index in [4.69, 9.17) is 5.73 Å². The van der Waals surface area contributed by atoms with Gasteiger partial charge in [0.2, 0.25) is 5.91 Å². The summed E-state index contributed by atoms with van der Waals surface area (Å²) in [6.45, 7) is 0. The van der Waals surface area contributed by atoms with Crippen LogP contribution in [0.4, 0.5) is 0 Å². The Morgan fingerprint density at radius 2 is 1.85 bits per heavy atom. The maximum Gasteiger partial charge on any atom is 0.330 e. The Balaban J connectivity index is 2.13. The molecule has 2 atom stereocenters. The van der Waals surface area contributed by atoms with Crippen LogP contribution in [0.1, 0.15) is 22.5 Å². The molecule has 0 radical (unpaired) electrons. The second-order valence-corrected chi connectivity index (χ2v) is 5.16. The number of aliphatic carboxylic acids is 1. The van der Waals surface area contributed by atoms with Crippen molar-refractivity contribution < 1.29 is 14.7 Å². The Morgan fingerprint density at radius 3 is 2.40 bits per heavy atom. The molecule has 0 bridgehead atoms. The number of hydrogen-bond donors (Lipinski definition) is 3. The molecule has 1 amide bonds. The maximum absolute atomic E-state index is 12.0. The highest BCUT2D eigenvalue weighted by Crippen LogP contribution is 2.19. The fourth-order valence-electron chi connectivity index (χ4n) is 1.76. The molecule has 2 aromatic rings. The fourth-order valence-corrected chi connectivity index (χ4v) is 2.49. The van der Waals surface area contributed by atoms with E-state index in [0.717, 1.165) is 0 Å². The molecule has 0 saturated heterocycles.